The highest BCUT2D eigenvalue weighted by Crippen LogP contribution is 2.25. The minimum absolute atomic E-state index is 0.173. The Bertz CT molecular complexity index is 679. The highest BCUT2D eigenvalue weighted by atomic mass is 32.2. The Labute approximate surface area is 97.8 Å². The fourth-order valence-electron chi connectivity index (χ4n) is 1.61. The molecule has 0 aromatic heterocycles. The van der Waals surface area contributed by atoms with Gasteiger partial charge in [-0.3, -0.25) is 9.35 Å². The zero-order valence-electron chi connectivity index (χ0n) is 8.62. The average molecular weight is 251 g/mol. The van der Waals surface area contributed by atoms with Gasteiger partial charge in [0.1, 0.15) is 0 Å². The molecule has 5 nitrogen and oxygen atoms in total. The molecule has 0 heterocycles. The molecule has 2 aromatic carbocycles. The van der Waals surface area contributed by atoms with Crippen LogP contribution in [0.2, 0.25) is 0 Å². The van der Waals surface area contributed by atoms with Crippen LogP contribution in [-0.2, 0) is 14.9 Å². The number of carbonyl (C=O) groups excluding carboxylic acids is 1. The van der Waals surface area contributed by atoms with Crippen LogP contribution in [0.1, 0.15) is 0 Å². The molecule has 0 bridgehead atoms. The van der Waals surface area contributed by atoms with Crippen molar-refractivity contribution >= 4 is 33.0 Å². The van der Waals surface area contributed by atoms with Crippen LogP contribution in [0.15, 0.2) is 41.3 Å². The maximum Gasteiger partial charge on any atom is 0.294 e. The van der Waals surface area contributed by atoms with Gasteiger partial charge in [-0.15, -0.1) is 0 Å². The molecule has 0 saturated carbocycles. The molecule has 0 aliphatic heterocycles. The fourth-order valence-corrected chi connectivity index (χ4v) is 2.13. The third kappa shape index (κ3) is 2.27. The summed E-state index contributed by atoms with van der Waals surface area (Å²) >= 11 is 0. The van der Waals surface area contributed by atoms with Gasteiger partial charge in [0.15, 0.2) is 0 Å². The molecule has 1 amide bonds. The van der Waals surface area contributed by atoms with E-state index in [-0.39, 0.29) is 4.90 Å². The lowest BCUT2D eigenvalue weighted by molar-refractivity contribution is -0.105. The molecule has 88 valence electrons. The number of nitrogens with one attached hydrogen (secondary N) is 1. The molecule has 0 atom stereocenters. The van der Waals surface area contributed by atoms with Gasteiger partial charge in [0, 0.05) is 11.1 Å². The number of hydrogen-bond donors (Lipinski definition) is 2. The van der Waals surface area contributed by atoms with Gasteiger partial charge in [-0.05, 0) is 23.6 Å². The monoisotopic (exact) mass is 251 g/mol. The number of amides is 1. The maximum atomic E-state index is 11.0. The summed E-state index contributed by atoms with van der Waals surface area (Å²) < 4.78 is 30.9. The van der Waals surface area contributed by atoms with Gasteiger partial charge in [-0.2, -0.15) is 8.42 Å². The van der Waals surface area contributed by atoms with Crippen molar-refractivity contribution in [2.75, 3.05) is 5.32 Å². The summed E-state index contributed by atoms with van der Waals surface area (Å²) in [5.41, 5.74) is 0.583. The smallest absolute Gasteiger partial charge is 0.294 e. The summed E-state index contributed by atoms with van der Waals surface area (Å²) in [6.45, 7) is 0. The van der Waals surface area contributed by atoms with Crippen LogP contribution in [0, 0.1) is 0 Å². The molecular weight excluding hydrogens is 242 g/mol. The first-order chi connectivity index (χ1) is 8.02. The van der Waals surface area contributed by atoms with Gasteiger partial charge >= 0.3 is 0 Å². The van der Waals surface area contributed by atoms with E-state index in [4.69, 9.17) is 4.55 Å². The second-order valence-electron chi connectivity index (χ2n) is 3.43. The number of benzene rings is 2. The molecule has 0 unspecified atom stereocenters. The second-order valence-corrected chi connectivity index (χ2v) is 4.85. The summed E-state index contributed by atoms with van der Waals surface area (Å²) in [5.74, 6) is 0. The number of fused-ring (bicyclic) bond motifs is 1. The van der Waals surface area contributed by atoms with Crippen LogP contribution in [0.3, 0.4) is 0 Å². The first kappa shape index (κ1) is 11.6. The van der Waals surface area contributed by atoms with E-state index >= 15 is 0 Å². The largest absolute Gasteiger partial charge is 0.328 e. The zero-order chi connectivity index (χ0) is 12.5. The van der Waals surface area contributed by atoms with Gasteiger partial charge in [0.25, 0.3) is 10.1 Å². The summed E-state index contributed by atoms with van der Waals surface area (Å²) in [4.78, 5) is 10.2. The summed E-state index contributed by atoms with van der Waals surface area (Å²) in [7, 11) is -4.21. The Morgan fingerprint density at radius 3 is 2.59 bits per heavy atom. The fraction of sp³-hybridized carbons (Fsp3) is 0. The highest BCUT2D eigenvalue weighted by Gasteiger charge is 2.10. The first-order valence-corrected chi connectivity index (χ1v) is 6.17. The standard InChI is InChI=1S/C11H9NO4S/c13-7-12-11-3-1-2-8-6-9(17(14,15)16)4-5-10(8)11/h1-7H,(H,12,13)(H,14,15,16). The van der Waals surface area contributed by atoms with Crippen molar-refractivity contribution in [1.29, 1.82) is 0 Å². The Kier molecular flexibility index (Phi) is 2.83. The predicted octanol–water partition coefficient (Wildman–Crippen LogP) is 1.65. The van der Waals surface area contributed by atoms with Crippen molar-refractivity contribution in [3.05, 3.63) is 36.4 Å². The normalized spacial score (nSPS) is 11.4. The van der Waals surface area contributed by atoms with Crippen LogP contribution < -0.4 is 5.32 Å². The number of rotatable bonds is 3. The topological polar surface area (TPSA) is 83.5 Å². The Balaban J connectivity index is 2.69. The minimum Gasteiger partial charge on any atom is -0.328 e. The third-order valence-electron chi connectivity index (χ3n) is 2.36. The maximum absolute atomic E-state index is 11.0. The van der Waals surface area contributed by atoms with Crippen molar-refractivity contribution in [2.45, 2.75) is 4.90 Å². The molecule has 6 heteroatoms. The van der Waals surface area contributed by atoms with Crippen molar-refractivity contribution in [2.24, 2.45) is 0 Å². The van der Waals surface area contributed by atoms with Crippen molar-refractivity contribution in [3.8, 4) is 0 Å². The summed E-state index contributed by atoms with van der Waals surface area (Å²) in [6.07, 6.45) is 0.547. The molecule has 2 N–H and O–H groups in total. The lowest BCUT2D eigenvalue weighted by Crippen LogP contribution is -1.98. The van der Waals surface area contributed by atoms with E-state index in [2.05, 4.69) is 5.32 Å². The van der Waals surface area contributed by atoms with Gasteiger partial charge in [-0.25, -0.2) is 0 Å². The number of hydrogen-bond acceptors (Lipinski definition) is 3. The van der Waals surface area contributed by atoms with E-state index in [0.29, 0.717) is 22.9 Å². The van der Waals surface area contributed by atoms with Crippen LogP contribution in [-0.4, -0.2) is 19.4 Å². The lowest BCUT2D eigenvalue weighted by atomic mass is 10.1. The molecule has 0 fully saturated rings. The third-order valence-corrected chi connectivity index (χ3v) is 3.21. The molecular formula is C11H9NO4S. The SMILES string of the molecule is O=CNc1cccc2cc(S(=O)(=O)O)ccc12. The van der Waals surface area contributed by atoms with Crippen LogP contribution in [0.4, 0.5) is 5.69 Å². The molecule has 0 spiro atoms. The highest BCUT2D eigenvalue weighted by molar-refractivity contribution is 7.85. The summed E-state index contributed by atoms with van der Waals surface area (Å²) in [5, 5.41) is 3.83. The van der Waals surface area contributed by atoms with Crippen LogP contribution in [0.25, 0.3) is 10.8 Å². The minimum atomic E-state index is -4.21. The predicted molar refractivity (Wildman–Crippen MR) is 63.4 cm³/mol. The van der Waals surface area contributed by atoms with Gasteiger partial charge in [0.05, 0.1) is 4.90 Å². The second kappa shape index (κ2) is 4.15. The quantitative estimate of drug-likeness (QED) is 0.641. The van der Waals surface area contributed by atoms with Crippen molar-refractivity contribution < 1.29 is 17.8 Å². The number of anilines is 1. The van der Waals surface area contributed by atoms with E-state index in [1.165, 1.54) is 18.2 Å². The molecule has 2 rings (SSSR count). The Hall–Kier alpha value is -1.92. The molecule has 0 radical (unpaired) electrons. The average Bonchev–Trinajstić information content (AvgIpc) is 2.28. The molecule has 2 aromatic rings. The number of carbonyl (C=O) groups is 1. The van der Waals surface area contributed by atoms with Crippen LogP contribution >= 0.6 is 0 Å². The van der Waals surface area contributed by atoms with Gasteiger partial charge in [0.2, 0.25) is 6.41 Å². The van der Waals surface area contributed by atoms with E-state index < -0.39 is 10.1 Å². The van der Waals surface area contributed by atoms with Crippen molar-refractivity contribution in [3.63, 3.8) is 0 Å². The van der Waals surface area contributed by atoms with E-state index in [0.717, 1.165) is 0 Å². The molecule has 17 heavy (non-hydrogen) atoms. The summed E-state index contributed by atoms with van der Waals surface area (Å²) in [6, 6.07) is 9.24. The molecule has 0 saturated heterocycles. The molecule has 0 aliphatic carbocycles. The van der Waals surface area contributed by atoms with E-state index in [9.17, 15) is 13.2 Å². The molecule has 0 aliphatic rings. The van der Waals surface area contributed by atoms with E-state index in [1.54, 1.807) is 18.2 Å². The van der Waals surface area contributed by atoms with Gasteiger partial charge in [-0.1, -0.05) is 18.2 Å². The first-order valence-electron chi connectivity index (χ1n) is 4.73. The Morgan fingerprint density at radius 1 is 1.18 bits per heavy atom. The van der Waals surface area contributed by atoms with Crippen molar-refractivity contribution in [1.82, 2.24) is 0 Å². The van der Waals surface area contributed by atoms with Crippen LogP contribution in [0.5, 0.6) is 0 Å². The Morgan fingerprint density at radius 2 is 1.94 bits per heavy atom. The zero-order valence-corrected chi connectivity index (χ0v) is 9.44. The van der Waals surface area contributed by atoms with E-state index in [1.807, 2.05) is 0 Å². The lowest BCUT2D eigenvalue weighted by Gasteiger charge is -2.05. The van der Waals surface area contributed by atoms with Gasteiger partial charge < -0.3 is 5.32 Å².